The third kappa shape index (κ3) is 2.81. The van der Waals surface area contributed by atoms with Crippen molar-refractivity contribution in [2.24, 2.45) is 0 Å². The maximum Gasteiger partial charge on any atom is 0.0316 e. The lowest BCUT2D eigenvalue weighted by atomic mass is 10.1. The number of benzene rings is 1. The van der Waals surface area contributed by atoms with Crippen LogP contribution in [0.25, 0.3) is 0 Å². The molecule has 0 saturated heterocycles. The third-order valence-electron chi connectivity index (χ3n) is 3.68. The fourth-order valence-electron chi connectivity index (χ4n) is 2.92. The molecular formula is C15H24N2. The van der Waals surface area contributed by atoms with Crippen LogP contribution in [-0.4, -0.2) is 24.0 Å². The molecule has 17 heavy (non-hydrogen) atoms. The van der Waals surface area contributed by atoms with Gasteiger partial charge >= 0.3 is 0 Å². The second kappa shape index (κ2) is 5.54. The summed E-state index contributed by atoms with van der Waals surface area (Å²) < 4.78 is 0. The van der Waals surface area contributed by atoms with Gasteiger partial charge in [0.1, 0.15) is 0 Å². The molecule has 1 aromatic carbocycles. The zero-order chi connectivity index (χ0) is 12.3. The SMILES string of the molecule is CCCN(CCC)[C@H]1Cc2ccc(N)cc2C1. The van der Waals surface area contributed by atoms with Gasteiger partial charge in [-0.1, -0.05) is 19.9 Å². The van der Waals surface area contributed by atoms with Crippen molar-refractivity contribution in [2.75, 3.05) is 18.8 Å². The summed E-state index contributed by atoms with van der Waals surface area (Å²) in [5.74, 6) is 0. The molecule has 1 atom stereocenters. The molecule has 1 aliphatic rings. The molecule has 0 amide bonds. The number of hydrogen-bond acceptors (Lipinski definition) is 2. The largest absolute Gasteiger partial charge is 0.399 e. The first-order valence-corrected chi connectivity index (χ1v) is 6.86. The van der Waals surface area contributed by atoms with E-state index in [4.69, 9.17) is 5.73 Å². The summed E-state index contributed by atoms with van der Waals surface area (Å²) in [7, 11) is 0. The Morgan fingerprint density at radius 1 is 1.12 bits per heavy atom. The molecule has 0 aromatic heterocycles. The lowest BCUT2D eigenvalue weighted by molar-refractivity contribution is 0.202. The van der Waals surface area contributed by atoms with E-state index in [-0.39, 0.29) is 0 Å². The monoisotopic (exact) mass is 232 g/mol. The van der Waals surface area contributed by atoms with Gasteiger partial charge < -0.3 is 5.73 Å². The van der Waals surface area contributed by atoms with Crippen molar-refractivity contribution in [1.29, 1.82) is 0 Å². The molecule has 0 bridgehead atoms. The van der Waals surface area contributed by atoms with Crippen molar-refractivity contribution in [3.05, 3.63) is 29.3 Å². The highest BCUT2D eigenvalue weighted by atomic mass is 15.1. The van der Waals surface area contributed by atoms with Gasteiger partial charge in [-0.3, -0.25) is 4.90 Å². The van der Waals surface area contributed by atoms with Gasteiger partial charge in [0.05, 0.1) is 0 Å². The normalized spacial score (nSPS) is 18.6. The molecule has 0 saturated carbocycles. The number of fused-ring (bicyclic) bond motifs is 1. The highest BCUT2D eigenvalue weighted by Gasteiger charge is 2.25. The number of nitrogen functional groups attached to an aromatic ring is 1. The van der Waals surface area contributed by atoms with E-state index in [1.54, 1.807) is 0 Å². The Bertz CT molecular complexity index is 367. The van der Waals surface area contributed by atoms with Crippen LogP contribution >= 0.6 is 0 Å². The van der Waals surface area contributed by atoms with E-state index in [1.165, 1.54) is 49.9 Å². The zero-order valence-corrected chi connectivity index (χ0v) is 11.1. The van der Waals surface area contributed by atoms with Gasteiger partial charge in [0.2, 0.25) is 0 Å². The molecule has 2 rings (SSSR count). The van der Waals surface area contributed by atoms with Crippen LogP contribution in [0.3, 0.4) is 0 Å². The van der Waals surface area contributed by atoms with Gasteiger partial charge in [-0.15, -0.1) is 0 Å². The second-order valence-corrected chi connectivity index (χ2v) is 5.13. The fourth-order valence-corrected chi connectivity index (χ4v) is 2.92. The van der Waals surface area contributed by atoms with Gasteiger partial charge in [0.25, 0.3) is 0 Å². The van der Waals surface area contributed by atoms with Crippen LogP contribution in [-0.2, 0) is 12.8 Å². The highest BCUT2D eigenvalue weighted by molar-refractivity contribution is 5.47. The number of anilines is 1. The van der Waals surface area contributed by atoms with E-state index in [1.807, 2.05) is 6.07 Å². The highest BCUT2D eigenvalue weighted by Crippen LogP contribution is 2.27. The van der Waals surface area contributed by atoms with Crippen molar-refractivity contribution in [3.8, 4) is 0 Å². The van der Waals surface area contributed by atoms with E-state index in [9.17, 15) is 0 Å². The van der Waals surface area contributed by atoms with E-state index in [0.29, 0.717) is 6.04 Å². The lowest BCUT2D eigenvalue weighted by Gasteiger charge is -2.27. The molecule has 0 unspecified atom stereocenters. The van der Waals surface area contributed by atoms with E-state index >= 15 is 0 Å². The van der Waals surface area contributed by atoms with Crippen LogP contribution in [0.2, 0.25) is 0 Å². The molecule has 2 N–H and O–H groups in total. The maximum absolute atomic E-state index is 5.86. The van der Waals surface area contributed by atoms with Crippen LogP contribution in [0.5, 0.6) is 0 Å². The summed E-state index contributed by atoms with van der Waals surface area (Å²) in [5.41, 5.74) is 9.73. The molecule has 0 heterocycles. The van der Waals surface area contributed by atoms with Crippen molar-refractivity contribution in [1.82, 2.24) is 4.90 Å². The quantitative estimate of drug-likeness (QED) is 0.791. The standard InChI is InChI=1S/C15H24N2/c1-3-7-17(8-4-2)15-10-12-5-6-14(16)9-13(12)11-15/h5-6,9,15H,3-4,7-8,10-11,16H2,1-2H3/t15-/m0/s1. The molecule has 1 aliphatic carbocycles. The molecule has 2 heteroatoms. The maximum atomic E-state index is 5.86. The molecule has 0 radical (unpaired) electrons. The van der Waals surface area contributed by atoms with E-state index < -0.39 is 0 Å². The predicted molar refractivity (Wildman–Crippen MR) is 74.2 cm³/mol. The smallest absolute Gasteiger partial charge is 0.0316 e. The molecule has 0 aliphatic heterocycles. The van der Waals surface area contributed by atoms with E-state index in [0.717, 1.165) is 5.69 Å². The molecule has 0 fully saturated rings. The van der Waals surface area contributed by atoms with Gasteiger partial charge in [0, 0.05) is 11.7 Å². The minimum absolute atomic E-state index is 0.701. The van der Waals surface area contributed by atoms with Crippen LogP contribution in [0.4, 0.5) is 5.69 Å². The molecule has 94 valence electrons. The molecule has 0 spiro atoms. The summed E-state index contributed by atoms with van der Waals surface area (Å²) in [4.78, 5) is 2.65. The summed E-state index contributed by atoms with van der Waals surface area (Å²) in [5, 5.41) is 0. The van der Waals surface area contributed by atoms with E-state index in [2.05, 4.69) is 30.9 Å². The molecule has 2 nitrogen and oxygen atoms in total. The Hall–Kier alpha value is -1.02. The average molecular weight is 232 g/mol. The van der Waals surface area contributed by atoms with Crippen molar-refractivity contribution < 1.29 is 0 Å². The van der Waals surface area contributed by atoms with Gasteiger partial charge in [-0.25, -0.2) is 0 Å². The first-order valence-electron chi connectivity index (χ1n) is 6.86. The summed E-state index contributed by atoms with van der Waals surface area (Å²) in [6.07, 6.45) is 4.87. The average Bonchev–Trinajstić information content (AvgIpc) is 2.71. The minimum Gasteiger partial charge on any atom is -0.399 e. The Morgan fingerprint density at radius 2 is 1.76 bits per heavy atom. The number of nitrogens with two attached hydrogens (primary N) is 1. The Morgan fingerprint density at radius 3 is 2.41 bits per heavy atom. The van der Waals surface area contributed by atoms with Crippen LogP contribution < -0.4 is 5.73 Å². The van der Waals surface area contributed by atoms with Gasteiger partial charge in [0.15, 0.2) is 0 Å². The Balaban J connectivity index is 2.07. The Labute approximate surface area is 105 Å². The number of nitrogens with zero attached hydrogens (tertiary/aromatic N) is 1. The number of hydrogen-bond donors (Lipinski definition) is 1. The predicted octanol–water partition coefficient (Wildman–Crippen LogP) is 2.86. The van der Waals surface area contributed by atoms with Crippen molar-refractivity contribution in [2.45, 2.75) is 45.6 Å². The first-order chi connectivity index (χ1) is 8.24. The van der Waals surface area contributed by atoms with Crippen molar-refractivity contribution in [3.63, 3.8) is 0 Å². The summed E-state index contributed by atoms with van der Waals surface area (Å²) in [6, 6.07) is 7.10. The number of rotatable bonds is 5. The Kier molecular flexibility index (Phi) is 4.06. The first kappa shape index (κ1) is 12.4. The lowest BCUT2D eigenvalue weighted by Crippen LogP contribution is -2.37. The fraction of sp³-hybridized carbons (Fsp3) is 0.600. The van der Waals surface area contributed by atoms with Crippen LogP contribution in [0.1, 0.15) is 37.8 Å². The van der Waals surface area contributed by atoms with Crippen molar-refractivity contribution >= 4 is 5.69 Å². The summed E-state index contributed by atoms with van der Waals surface area (Å²) in [6.45, 7) is 6.98. The van der Waals surface area contributed by atoms with Crippen LogP contribution in [0.15, 0.2) is 18.2 Å². The summed E-state index contributed by atoms with van der Waals surface area (Å²) >= 11 is 0. The molecule has 1 aromatic rings. The van der Waals surface area contributed by atoms with Crippen LogP contribution in [0, 0.1) is 0 Å². The van der Waals surface area contributed by atoms with Gasteiger partial charge in [-0.05, 0) is 62.0 Å². The second-order valence-electron chi connectivity index (χ2n) is 5.13. The zero-order valence-electron chi connectivity index (χ0n) is 11.1. The topological polar surface area (TPSA) is 29.3 Å². The van der Waals surface area contributed by atoms with Gasteiger partial charge in [-0.2, -0.15) is 0 Å². The molecular weight excluding hydrogens is 208 g/mol. The minimum atomic E-state index is 0.701. The third-order valence-corrected chi connectivity index (χ3v) is 3.68.